The summed E-state index contributed by atoms with van der Waals surface area (Å²) in [6.45, 7) is 0. The summed E-state index contributed by atoms with van der Waals surface area (Å²) in [7, 11) is 0. The molecule has 1 aliphatic carbocycles. The molecule has 0 amide bonds. The minimum absolute atomic E-state index is 0.104. The fraction of sp³-hybridized carbons (Fsp3) is 0.0526. The van der Waals surface area contributed by atoms with Gasteiger partial charge in [0.2, 0.25) is 0 Å². The first-order chi connectivity index (χ1) is 11.6. The number of benzene rings is 3. The molecule has 0 atom stereocenters. The third-order valence-electron chi connectivity index (χ3n) is 4.53. The topological polar surface area (TPSA) is 77.3 Å². The normalized spacial score (nSPS) is 15.5. The van der Waals surface area contributed by atoms with Crippen LogP contribution in [0.5, 0.6) is 0 Å². The minimum atomic E-state index is -2.41. The van der Waals surface area contributed by atoms with Gasteiger partial charge in [-0.1, -0.05) is 66.7 Å². The summed E-state index contributed by atoms with van der Waals surface area (Å²) in [5.41, 5.74) is -2.08. The van der Waals surface area contributed by atoms with E-state index in [1.54, 1.807) is 48.5 Å². The van der Waals surface area contributed by atoms with Crippen molar-refractivity contribution in [1.82, 2.24) is 0 Å². The number of ketones is 2. The molecule has 0 aliphatic heterocycles. The molecule has 0 radical (unpaired) electrons. The summed E-state index contributed by atoms with van der Waals surface area (Å²) in [6, 6.07) is 18.1. The summed E-state index contributed by atoms with van der Waals surface area (Å²) in [4.78, 5) is 37.2. The van der Waals surface area contributed by atoms with Crippen LogP contribution in [0.1, 0.15) is 26.3 Å². The van der Waals surface area contributed by atoms with Crippen LogP contribution < -0.4 is 0 Å². The highest BCUT2D eigenvalue weighted by atomic mass is 16.6. The first-order valence-corrected chi connectivity index (χ1v) is 7.40. The summed E-state index contributed by atoms with van der Waals surface area (Å²) >= 11 is 0. The molecule has 0 heterocycles. The Bertz CT molecular complexity index is 998. The largest absolute Gasteiger partial charge is 0.370 e. The molecule has 0 fully saturated rings. The second-order valence-electron chi connectivity index (χ2n) is 5.70. The molecule has 5 heteroatoms. The van der Waals surface area contributed by atoms with Crippen LogP contribution in [-0.2, 0) is 5.54 Å². The third kappa shape index (κ3) is 1.58. The molecule has 3 aromatic carbocycles. The number of hydrogen-bond donors (Lipinski definition) is 0. The van der Waals surface area contributed by atoms with Crippen molar-refractivity contribution in [3.8, 4) is 0 Å². The van der Waals surface area contributed by atoms with Crippen molar-refractivity contribution in [3.63, 3.8) is 0 Å². The quantitative estimate of drug-likeness (QED) is 0.412. The lowest BCUT2D eigenvalue weighted by Gasteiger charge is -2.19. The van der Waals surface area contributed by atoms with Crippen LogP contribution in [0.15, 0.2) is 66.7 Å². The summed E-state index contributed by atoms with van der Waals surface area (Å²) < 4.78 is 0. The van der Waals surface area contributed by atoms with Gasteiger partial charge in [-0.05, 0) is 10.8 Å². The van der Waals surface area contributed by atoms with Gasteiger partial charge in [0, 0.05) is 16.1 Å². The number of carbonyl (C=O) groups is 2. The Morgan fingerprint density at radius 2 is 1.29 bits per heavy atom. The monoisotopic (exact) mass is 317 g/mol. The summed E-state index contributed by atoms with van der Waals surface area (Å²) in [5.74, 6) is -1.55. The van der Waals surface area contributed by atoms with Crippen LogP contribution in [0.3, 0.4) is 0 Å². The smallest absolute Gasteiger partial charge is 0.285 e. The van der Waals surface area contributed by atoms with Crippen LogP contribution in [0.4, 0.5) is 0 Å². The second kappa shape index (κ2) is 4.83. The van der Waals surface area contributed by atoms with Crippen molar-refractivity contribution in [2.75, 3.05) is 0 Å². The lowest BCUT2D eigenvalue weighted by atomic mass is 9.82. The number of Topliss-reactive ketones (excluding diaryl/α,β-unsaturated/α-hetero) is 2. The van der Waals surface area contributed by atoms with Crippen molar-refractivity contribution in [2.24, 2.45) is 0 Å². The maximum absolute atomic E-state index is 13.0. The lowest BCUT2D eigenvalue weighted by molar-refractivity contribution is -0.537. The zero-order valence-corrected chi connectivity index (χ0v) is 12.4. The van der Waals surface area contributed by atoms with E-state index in [0.717, 1.165) is 5.39 Å². The SMILES string of the molecule is O=C1c2ccccc2C(=O)C1(c1cccc2ccccc12)[N+](=O)[O-]. The van der Waals surface area contributed by atoms with E-state index >= 15 is 0 Å². The lowest BCUT2D eigenvalue weighted by Crippen LogP contribution is -2.46. The molecule has 4 rings (SSSR count). The van der Waals surface area contributed by atoms with Crippen molar-refractivity contribution >= 4 is 22.3 Å². The first-order valence-electron chi connectivity index (χ1n) is 7.40. The molecule has 1 aliphatic rings. The van der Waals surface area contributed by atoms with Gasteiger partial charge in [-0.15, -0.1) is 0 Å². The van der Waals surface area contributed by atoms with Crippen molar-refractivity contribution < 1.29 is 14.5 Å². The molecule has 0 spiro atoms. The van der Waals surface area contributed by atoms with Crippen molar-refractivity contribution in [3.05, 3.63) is 93.5 Å². The zero-order chi connectivity index (χ0) is 16.9. The van der Waals surface area contributed by atoms with Gasteiger partial charge in [0.15, 0.2) is 0 Å². The molecule has 3 aromatic rings. The molecule has 24 heavy (non-hydrogen) atoms. The molecule has 0 saturated heterocycles. The third-order valence-corrected chi connectivity index (χ3v) is 4.53. The molecule has 116 valence electrons. The van der Waals surface area contributed by atoms with Crippen LogP contribution in [-0.4, -0.2) is 16.5 Å². The Morgan fingerprint density at radius 3 is 1.92 bits per heavy atom. The number of carbonyl (C=O) groups excluding carboxylic acids is 2. The maximum atomic E-state index is 13.0. The van der Waals surface area contributed by atoms with Crippen LogP contribution in [0, 0.1) is 10.1 Å². The fourth-order valence-corrected chi connectivity index (χ4v) is 3.42. The van der Waals surface area contributed by atoms with Gasteiger partial charge in [0.25, 0.3) is 11.6 Å². The Morgan fingerprint density at radius 1 is 0.750 bits per heavy atom. The van der Waals surface area contributed by atoms with Gasteiger partial charge in [0.1, 0.15) is 0 Å². The van der Waals surface area contributed by atoms with E-state index in [0.29, 0.717) is 5.39 Å². The molecular formula is C19H11NO4. The number of nitrogens with zero attached hydrogens (tertiary/aromatic N) is 1. The van der Waals surface area contributed by atoms with Gasteiger partial charge in [-0.3, -0.25) is 19.7 Å². The van der Waals surface area contributed by atoms with Gasteiger partial charge in [-0.25, -0.2) is 0 Å². The van der Waals surface area contributed by atoms with Gasteiger partial charge >= 0.3 is 5.54 Å². The first kappa shape index (κ1) is 14.3. The molecule has 5 nitrogen and oxygen atoms in total. The second-order valence-corrected chi connectivity index (χ2v) is 5.70. The van der Waals surface area contributed by atoms with Crippen LogP contribution in [0.25, 0.3) is 10.8 Å². The molecule has 0 aromatic heterocycles. The predicted molar refractivity (Wildman–Crippen MR) is 87.7 cm³/mol. The highest BCUT2D eigenvalue weighted by Gasteiger charge is 2.65. The Balaban J connectivity index is 2.12. The van der Waals surface area contributed by atoms with E-state index in [1.807, 2.05) is 0 Å². The number of hydrogen-bond acceptors (Lipinski definition) is 4. The predicted octanol–water partition coefficient (Wildman–Crippen LogP) is 3.39. The number of nitro groups is 1. The molecule has 0 bridgehead atoms. The molecule has 0 unspecified atom stereocenters. The molecule has 0 saturated carbocycles. The van der Waals surface area contributed by atoms with E-state index in [4.69, 9.17) is 0 Å². The van der Waals surface area contributed by atoms with E-state index in [9.17, 15) is 19.7 Å². The van der Waals surface area contributed by atoms with Crippen LogP contribution in [0.2, 0.25) is 0 Å². The minimum Gasteiger partial charge on any atom is -0.285 e. The van der Waals surface area contributed by atoms with Gasteiger partial charge < -0.3 is 0 Å². The average Bonchev–Trinajstić information content (AvgIpc) is 2.84. The summed E-state index contributed by atoms with van der Waals surface area (Å²) in [5, 5.41) is 13.3. The average molecular weight is 317 g/mol. The van der Waals surface area contributed by atoms with Crippen molar-refractivity contribution in [1.29, 1.82) is 0 Å². The van der Waals surface area contributed by atoms with Gasteiger partial charge in [0.05, 0.1) is 5.56 Å². The highest BCUT2D eigenvalue weighted by molar-refractivity contribution is 6.32. The molecule has 0 N–H and O–H groups in total. The summed E-state index contributed by atoms with van der Waals surface area (Å²) in [6.07, 6.45) is 0. The van der Waals surface area contributed by atoms with E-state index in [2.05, 4.69) is 0 Å². The number of rotatable bonds is 2. The van der Waals surface area contributed by atoms with E-state index in [-0.39, 0.29) is 16.7 Å². The molecular weight excluding hydrogens is 306 g/mol. The zero-order valence-electron chi connectivity index (χ0n) is 12.4. The highest BCUT2D eigenvalue weighted by Crippen LogP contribution is 2.42. The fourth-order valence-electron chi connectivity index (χ4n) is 3.42. The van der Waals surface area contributed by atoms with Crippen LogP contribution >= 0.6 is 0 Å². The van der Waals surface area contributed by atoms with E-state index in [1.165, 1.54) is 18.2 Å². The standard InChI is InChI=1S/C19H11NO4/c21-17-14-9-3-4-10-15(14)18(22)19(17,20(23)24)16-11-5-7-12-6-1-2-8-13(12)16/h1-11H. The van der Waals surface area contributed by atoms with E-state index < -0.39 is 22.0 Å². The Hall–Kier alpha value is -3.34. The van der Waals surface area contributed by atoms with Gasteiger partial charge in [-0.2, -0.15) is 0 Å². The Kier molecular flexibility index (Phi) is 2.87. The maximum Gasteiger partial charge on any atom is 0.370 e. The van der Waals surface area contributed by atoms with Crippen molar-refractivity contribution in [2.45, 2.75) is 5.54 Å². The Labute approximate surface area is 136 Å². The number of fused-ring (bicyclic) bond motifs is 2.